The first-order valence-corrected chi connectivity index (χ1v) is 9.05. The number of hydrogen-bond acceptors (Lipinski definition) is 2. The van der Waals surface area contributed by atoms with E-state index in [2.05, 4.69) is 48.2 Å². The molecule has 0 atom stereocenters. The summed E-state index contributed by atoms with van der Waals surface area (Å²) >= 11 is 0. The van der Waals surface area contributed by atoms with E-state index in [1.165, 1.54) is 0 Å². The molecule has 0 heterocycles. The third-order valence-electron chi connectivity index (χ3n) is 4.45. The molecule has 136 valence electrons. The lowest BCUT2D eigenvalue weighted by atomic mass is 9.80. The van der Waals surface area contributed by atoms with Crippen LogP contribution in [0.4, 0.5) is 0 Å². The molecule has 0 amide bonds. The van der Waals surface area contributed by atoms with Crippen molar-refractivity contribution in [3.05, 3.63) is 108 Å². The maximum absolute atomic E-state index is 9.08. The van der Waals surface area contributed by atoms with Gasteiger partial charge in [0.25, 0.3) is 0 Å². The van der Waals surface area contributed by atoms with Crippen LogP contribution >= 0.6 is 0 Å². The van der Waals surface area contributed by atoms with Crippen LogP contribution in [0.3, 0.4) is 0 Å². The first-order valence-electron chi connectivity index (χ1n) is 10.1. The molecule has 2 heteroatoms. The Balaban J connectivity index is 1.96. The summed E-state index contributed by atoms with van der Waals surface area (Å²) in [7, 11) is 0. The smallest absolute Gasteiger partial charge is 0.143 e. The van der Waals surface area contributed by atoms with E-state index in [4.69, 9.17) is 12.6 Å². The van der Waals surface area contributed by atoms with Crippen molar-refractivity contribution in [2.45, 2.75) is 18.4 Å². The molecule has 0 spiro atoms. The molecule has 2 nitrogen and oxygen atoms in total. The Bertz CT molecular complexity index is 843. The molecule has 0 aliphatic rings. The second kappa shape index (κ2) is 9.73. The molecule has 3 rings (SSSR count). The monoisotopic (exact) mass is 358 g/mol. The minimum atomic E-state index is -2.46. The zero-order valence-corrected chi connectivity index (χ0v) is 15.1. The fraction of sp³-hybridized carbons (Fsp3) is 0.200. The van der Waals surface area contributed by atoms with Crippen LogP contribution in [0.5, 0.6) is 0 Å². The molecule has 3 aromatic carbocycles. The predicted molar refractivity (Wildman–Crippen MR) is 109 cm³/mol. The largest absolute Gasteiger partial charge is 0.384 e. The number of hydrogen-bond donors (Lipinski definition) is 1. The fourth-order valence-corrected chi connectivity index (χ4v) is 3.26. The van der Waals surface area contributed by atoms with Crippen molar-refractivity contribution in [1.29, 1.82) is 0 Å². The van der Waals surface area contributed by atoms with Gasteiger partial charge in [0.2, 0.25) is 0 Å². The topological polar surface area (TPSA) is 29.5 Å². The number of unbranched alkanes of at least 4 members (excludes halogenated alkanes) is 1. The van der Waals surface area contributed by atoms with Gasteiger partial charge in [-0.25, -0.2) is 0 Å². The van der Waals surface area contributed by atoms with Crippen molar-refractivity contribution in [1.82, 2.24) is 0 Å². The van der Waals surface area contributed by atoms with Gasteiger partial charge in [0.15, 0.2) is 0 Å². The second-order valence-electron chi connectivity index (χ2n) is 6.14. The number of benzene rings is 3. The SMILES string of the molecule is [2H]C([2H])(O)C#CCCCOC(c1ccccc1)(c1ccccc1)c1ccccc1. The Morgan fingerprint density at radius 2 is 1.19 bits per heavy atom. The fourth-order valence-electron chi connectivity index (χ4n) is 3.26. The van der Waals surface area contributed by atoms with Crippen molar-refractivity contribution < 1.29 is 12.6 Å². The summed E-state index contributed by atoms with van der Waals surface area (Å²) in [6, 6.07) is 30.4. The van der Waals surface area contributed by atoms with Crippen molar-refractivity contribution in [3.63, 3.8) is 0 Å². The average molecular weight is 358 g/mol. The first kappa shape index (κ1) is 16.3. The Labute approximate surface area is 164 Å². The lowest BCUT2D eigenvalue weighted by Gasteiger charge is -2.36. The van der Waals surface area contributed by atoms with Gasteiger partial charge in [-0.2, -0.15) is 0 Å². The zero-order chi connectivity index (χ0) is 20.6. The summed E-state index contributed by atoms with van der Waals surface area (Å²) in [6.45, 7) is -2.02. The van der Waals surface area contributed by atoms with Gasteiger partial charge in [-0.1, -0.05) is 96.9 Å². The highest BCUT2D eigenvalue weighted by molar-refractivity contribution is 5.47. The van der Waals surface area contributed by atoms with Gasteiger partial charge in [0.05, 0.1) is 2.74 Å². The van der Waals surface area contributed by atoms with Crippen LogP contribution in [0, 0.1) is 11.8 Å². The standard InChI is InChI=1S/C25H24O2/c26-20-12-1-2-13-21-27-25(22-14-6-3-7-15-22,23-16-8-4-9-17-23)24-18-10-5-11-19-24/h3-11,14-19,26H,2,13,20-21H2/i20D2. The lowest BCUT2D eigenvalue weighted by molar-refractivity contribution is 0.0121. The van der Waals surface area contributed by atoms with Crippen LogP contribution in [-0.4, -0.2) is 18.3 Å². The minimum Gasteiger partial charge on any atom is -0.384 e. The first-order chi connectivity index (χ1) is 14.0. The van der Waals surface area contributed by atoms with Gasteiger partial charge < -0.3 is 9.84 Å². The molecular weight excluding hydrogens is 332 g/mol. The summed E-state index contributed by atoms with van der Waals surface area (Å²) in [5, 5.41) is 9.08. The molecule has 0 radical (unpaired) electrons. The van der Waals surface area contributed by atoms with Crippen LogP contribution in [0.1, 0.15) is 32.3 Å². The van der Waals surface area contributed by atoms with Crippen molar-refractivity contribution in [3.8, 4) is 11.8 Å². The second-order valence-corrected chi connectivity index (χ2v) is 6.14. The van der Waals surface area contributed by atoms with E-state index in [1.54, 1.807) is 0 Å². The van der Waals surface area contributed by atoms with Gasteiger partial charge >= 0.3 is 0 Å². The highest BCUT2D eigenvalue weighted by atomic mass is 16.5. The highest BCUT2D eigenvalue weighted by Crippen LogP contribution is 2.40. The quantitative estimate of drug-likeness (QED) is 0.374. The molecule has 0 saturated heterocycles. The van der Waals surface area contributed by atoms with E-state index in [0.29, 0.717) is 19.4 Å². The van der Waals surface area contributed by atoms with Gasteiger partial charge in [-0.05, 0) is 23.1 Å². The molecule has 1 N–H and O–H groups in total. The van der Waals surface area contributed by atoms with E-state index >= 15 is 0 Å². The summed E-state index contributed by atoms with van der Waals surface area (Å²) in [5.74, 6) is 4.87. The molecule has 0 aliphatic heterocycles. The predicted octanol–water partition coefficient (Wildman–Crippen LogP) is 4.77. The maximum atomic E-state index is 9.08. The maximum Gasteiger partial charge on any atom is 0.143 e. The third kappa shape index (κ3) is 4.46. The highest BCUT2D eigenvalue weighted by Gasteiger charge is 2.37. The van der Waals surface area contributed by atoms with Gasteiger partial charge in [0, 0.05) is 13.0 Å². The zero-order valence-electron chi connectivity index (χ0n) is 17.1. The summed E-state index contributed by atoms with van der Waals surface area (Å²) < 4.78 is 20.7. The van der Waals surface area contributed by atoms with Gasteiger partial charge in [-0.15, -0.1) is 5.92 Å². The normalized spacial score (nSPS) is 12.5. The Morgan fingerprint density at radius 1 is 0.741 bits per heavy atom. The number of aliphatic hydroxyl groups is 1. The molecular formula is C25H24O2. The van der Waals surface area contributed by atoms with Crippen molar-refractivity contribution in [2.75, 3.05) is 13.2 Å². The van der Waals surface area contributed by atoms with Crippen LogP contribution in [0.15, 0.2) is 91.0 Å². The lowest BCUT2D eigenvalue weighted by Crippen LogP contribution is -2.33. The molecule has 0 aromatic heterocycles. The molecule has 0 aliphatic carbocycles. The van der Waals surface area contributed by atoms with Crippen LogP contribution < -0.4 is 0 Å². The average Bonchev–Trinajstić information content (AvgIpc) is 2.75. The molecule has 27 heavy (non-hydrogen) atoms. The van der Waals surface area contributed by atoms with E-state index in [9.17, 15) is 0 Å². The molecule has 0 bridgehead atoms. The van der Waals surface area contributed by atoms with Crippen LogP contribution in [-0.2, 0) is 10.3 Å². The summed E-state index contributed by atoms with van der Waals surface area (Å²) in [6.07, 6.45) is 1.06. The third-order valence-corrected chi connectivity index (χ3v) is 4.45. The number of ether oxygens (including phenoxy) is 1. The molecule has 0 unspecified atom stereocenters. The molecule has 3 aromatic rings. The Morgan fingerprint density at radius 3 is 1.59 bits per heavy atom. The van der Waals surface area contributed by atoms with Crippen LogP contribution in [0.25, 0.3) is 0 Å². The Kier molecular flexibility index (Phi) is 5.88. The van der Waals surface area contributed by atoms with E-state index < -0.39 is 12.2 Å². The van der Waals surface area contributed by atoms with Gasteiger partial charge in [0.1, 0.15) is 12.2 Å². The van der Waals surface area contributed by atoms with Crippen molar-refractivity contribution >= 4 is 0 Å². The molecule has 0 saturated carbocycles. The van der Waals surface area contributed by atoms with E-state index in [0.717, 1.165) is 16.7 Å². The summed E-state index contributed by atoms with van der Waals surface area (Å²) in [5.41, 5.74) is 2.35. The van der Waals surface area contributed by atoms with E-state index in [-0.39, 0.29) is 0 Å². The summed E-state index contributed by atoms with van der Waals surface area (Å²) in [4.78, 5) is 0. The Hall–Kier alpha value is -2.86. The van der Waals surface area contributed by atoms with E-state index in [1.807, 2.05) is 54.6 Å². The van der Waals surface area contributed by atoms with Crippen molar-refractivity contribution in [2.24, 2.45) is 0 Å². The number of rotatable bonds is 7. The van der Waals surface area contributed by atoms with Gasteiger partial charge in [-0.3, -0.25) is 0 Å². The minimum absolute atomic E-state index is 0.432. The molecule has 0 fully saturated rings. The van der Waals surface area contributed by atoms with Crippen LogP contribution in [0.2, 0.25) is 0 Å².